The molecule has 0 unspecified atom stereocenters. The Labute approximate surface area is 139 Å². The van der Waals surface area contributed by atoms with Crippen LogP contribution < -0.4 is 10.5 Å². The molecule has 0 spiro atoms. The molecule has 0 atom stereocenters. The number of nitrogens with two attached hydrogens (primary N) is 1. The molecular weight excluding hydrogens is 335 g/mol. The van der Waals surface area contributed by atoms with E-state index in [0.717, 1.165) is 4.31 Å². The minimum absolute atomic E-state index is 0.0131. The summed E-state index contributed by atoms with van der Waals surface area (Å²) in [6.07, 6.45) is 0. The number of benzene rings is 2. The molecule has 0 aromatic heterocycles. The van der Waals surface area contributed by atoms with E-state index in [0.29, 0.717) is 5.56 Å². The first-order valence-corrected chi connectivity index (χ1v) is 8.38. The quantitative estimate of drug-likeness (QED) is 0.858. The Hall–Kier alpha value is -2.45. The Morgan fingerprint density at radius 3 is 2.33 bits per heavy atom. The fraction of sp³-hybridized carbons (Fsp3) is 0.188. The lowest BCUT2D eigenvalue weighted by atomic mass is 10.2. The summed E-state index contributed by atoms with van der Waals surface area (Å²) in [5.41, 5.74) is 5.82. The van der Waals surface area contributed by atoms with Crippen LogP contribution in [0.1, 0.15) is 15.9 Å². The van der Waals surface area contributed by atoms with E-state index in [1.54, 1.807) is 6.07 Å². The third-order valence-corrected chi connectivity index (χ3v) is 5.29. The van der Waals surface area contributed by atoms with Gasteiger partial charge in [-0.1, -0.05) is 6.07 Å². The lowest BCUT2D eigenvalue weighted by Crippen LogP contribution is -2.26. The zero-order valence-corrected chi connectivity index (χ0v) is 14.0. The second kappa shape index (κ2) is 6.98. The number of carbonyl (C=O) groups excluding carboxylic acids is 1. The van der Waals surface area contributed by atoms with Crippen LogP contribution in [0.25, 0.3) is 0 Å². The number of nitrogens with zero attached hydrogens (tertiary/aromatic N) is 1. The minimum atomic E-state index is -3.78. The van der Waals surface area contributed by atoms with Crippen LogP contribution in [0.4, 0.5) is 4.39 Å². The number of primary amides is 1. The van der Waals surface area contributed by atoms with Gasteiger partial charge in [-0.3, -0.25) is 4.79 Å². The highest BCUT2D eigenvalue weighted by Crippen LogP contribution is 2.21. The van der Waals surface area contributed by atoms with Crippen LogP contribution in [0.3, 0.4) is 0 Å². The maximum atomic E-state index is 13.7. The molecule has 0 heterocycles. The Kier molecular flexibility index (Phi) is 5.20. The predicted octanol–water partition coefficient (Wildman–Crippen LogP) is 1.75. The number of sulfonamides is 1. The molecule has 0 saturated carbocycles. The van der Waals surface area contributed by atoms with Crippen LogP contribution in [-0.4, -0.2) is 32.8 Å². The maximum absolute atomic E-state index is 13.7. The van der Waals surface area contributed by atoms with Crippen molar-refractivity contribution in [3.63, 3.8) is 0 Å². The summed E-state index contributed by atoms with van der Waals surface area (Å²) in [6.45, 7) is -0.0131. The number of methoxy groups -OCH3 is 1. The SMILES string of the molecule is COc1ccc(CN(C)S(=O)(=O)c2ccc(C(N)=O)cc2)cc1F. The van der Waals surface area contributed by atoms with Crippen LogP contribution in [0.2, 0.25) is 0 Å². The van der Waals surface area contributed by atoms with E-state index in [2.05, 4.69) is 0 Å². The monoisotopic (exact) mass is 352 g/mol. The first-order chi connectivity index (χ1) is 11.3. The molecule has 2 N–H and O–H groups in total. The van der Waals surface area contributed by atoms with E-state index in [-0.39, 0.29) is 22.8 Å². The van der Waals surface area contributed by atoms with Gasteiger partial charge in [-0.25, -0.2) is 12.8 Å². The van der Waals surface area contributed by atoms with Crippen molar-refractivity contribution in [2.75, 3.05) is 14.2 Å². The summed E-state index contributed by atoms with van der Waals surface area (Å²) >= 11 is 0. The second-order valence-corrected chi connectivity index (χ2v) is 7.16. The number of hydrogen-bond acceptors (Lipinski definition) is 4. The summed E-state index contributed by atoms with van der Waals surface area (Å²) in [5.74, 6) is -1.11. The molecule has 128 valence electrons. The van der Waals surface area contributed by atoms with Gasteiger partial charge in [0.15, 0.2) is 11.6 Å². The lowest BCUT2D eigenvalue weighted by Gasteiger charge is -2.18. The second-order valence-electron chi connectivity index (χ2n) is 5.12. The molecule has 1 amide bonds. The lowest BCUT2D eigenvalue weighted by molar-refractivity contribution is 0.1000. The largest absolute Gasteiger partial charge is 0.494 e. The van der Waals surface area contributed by atoms with Crippen LogP contribution in [0.15, 0.2) is 47.4 Å². The number of carbonyl (C=O) groups is 1. The number of hydrogen-bond donors (Lipinski definition) is 1. The van der Waals surface area contributed by atoms with Crippen molar-refractivity contribution in [3.8, 4) is 5.75 Å². The third-order valence-electron chi connectivity index (χ3n) is 3.47. The highest BCUT2D eigenvalue weighted by Gasteiger charge is 2.21. The van der Waals surface area contributed by atoms with Crippen molar-refractivity contribution < 1.29 is 22.3 Å². The summed E-state index contributed by atoms with van der Waals surface area (Å²) < 4.78 is 44.7. The summed E-state index contributed by atoms with van der Waals surface area (Å²) in [4.78, 5) is 11.1. The molecule has 0 aliphatic carbocycles. The minimum Gasteiger partial charge on any atom is -0.494 e. The molecule has 0 fully saturated rings. The number of amides is 1. The highest BCUT2D eigenvalue weighted by molar-refractivity contribution is 7.89. The fourth-order valence-corrected chi connectivity index (χ4v) is 3.28. The predicted molar refractivity (Wildman–Crippen MR) is 86.6 cm³/mol. The van der Waals surface area contributed by atoms with Gasteiger partial charge in [0.25, 0.3) is 0 Å². The molecule has 2 aromatic rings. The van der Waals surface area contributed by atoms with Crippen molar-refractivity contribution in [2.45, 2.75) is 11.4 Å². The first kappa shape index (κ1) is 17.9. The van der Waals surface area contributed by atoms with Gasteiger partial charge in [0, 0.05) is 19.2 Å². The van der Waals surface area contributed by atoms with Crippen molar-refractivity contribution in [2.24, 2.45) is 5.73 Å². The summed E-state index contributed by atoms with van der Waals surface area (Å²) in [7, 11) is -1.04. The van der Waals surface area contributed by atoms with E-state index >= 15 is 0 Å². The van der Waals surface area contributed by atoms with Crippen LogP contribution in [-0.2, 0) is 16.6 Å². The Bertz CT molecular complexity index is 851. The molecule has 24 heavy (non-hydrogen) atoms. The standard InChI is InChI=1S/C16H17FN2O4S/c1-19(10-11-3-8-15(23-2)14(17)9-11)24(21,22)13-6-4-12(5-7-13)16(18)20/h3-9H,10H2,1-2H3,(H2,18,20). The average molecular weight is 352 g/mol. The van der Waals surface area contributed by atoms with E-state index in [4.69, 9.17) is 10.5 Å². The van der Waals surface area contributed by atoms with Crippen LogP contribution in [0.5, 0.6) is 5.75 Å². The Balaban J connectivity index is 2.22. The summed E-state index contributed by atoms with van der Waals surface area (Å²) in [5, 5.41) is 0. The Morgan fingerprint density at radius 1 is 1.21 bits per heavy atom. The molecular formula is C16H17FN2O4S. The van der Waals surface area contributed by atoms with Crippen LogP contribution in [0, 0.1) is 5.82 Å². The fourth-order valence-electron chi connectivity index (χ4n) is 2.12. The van der Waals surface area contributed by atoms with Gasteiger partial charge in [-0.2, -0.15) is 4.31 Å². The Morgan fingerprint density at radius 2 is 1.83 bits per heavy atom. The van der Waals surface area contributed by atoms with Gasteiger partial charge in [-0.15, -0.1) is 0 Å². The average Bonchev–Trinajstić information content (AvgIpc) is 2.55. The molecule has 8 heteroatoms. The summed E-state index contributed by atoms with van der Waals surface area (Å²) in [6, 6.07) is 9.55. The van der Waals surface area contributed by atoms with E-state index < -0.39 is 21.7 Å². The van der Waals surface area contributed by atoms with Crippen molar-refractivity contribution >= 4 is 15.9 Å². The zero-order chi connectivity index (χ0) is 17.9. The van der Waals surface area contributed by atoms with E-state index in [1.807, 2.05) is 0 Å². The first-order valence-electron chi connectivity index (χ1n) is 6.94. The van der Waals surface area contributed by atoms with Crippen molar-refractivity contribution in [1.29, 1.82) is 0 Å². The van der Waals surface area contributed by atoms with E-state index in [1.165, 1.54) is 50.6 Å². The molecule has 0 aliphatic heterocycles. The van der Waals surface area contributed by atoms with Gasteiger partial charge in [0.1, 0.15) is 0 Å². The topological polar surface area (TPSA) is 89.7 Å². The number of halogens is 1. The molecule has 0 bridgehead atoms. The molecule has 6 nitrogen and oxygen atoms in total. The van der Waals surface area contributed by atoms with Gasteiger partial charge in [0.05, 0.1) is 12.0 Å². The third kappa shape index (κ3) is 3.72. The highest BCUT2D eigenvalue weighted by atomic mass is 32.2. The van der Waals surface area contributed by atoms with Crippen molar-refractivity contribution in [3.05, 3.63) is 59.4 Å². The molecule has 0 saturated heterocycles. The van der Waals surface area contributed by atoms with Gasteiger partial charge in [0.2, 0.25) is 15.9 Å². The number of ether oxygens (including phenoxy) is 1. The normalized spacial score (nSPS) is 11.5. The molecule has 0 radical (unpaired) electrons. The van der Waals surface area contributed by atoms with Gasteiger partial charge < -0.3 is 10.5 Å². The molecule has 2 aromatic carbocycles. The molecule has 2 rings (SSSR count). The number of rotatable bonds is 6. The van der Waals surface area contributed by atoms with Crippen molar-refractivity contribution in [1.82, 2.24) is 4.31 Å². The van der Waals surface area contributed by atoms with Gasteiger partial charge in [-0.05, 0) is 42.0 Å². The van der Waals surface area contributed by atoms with Gasteiger partial charge >= 0.3 is 0 Å². The zero-order valence-electron chi connectivity index (χ0n) is 13.2. The maximum Gasteiger partial charge on any atom is 0.248 e. The van der Waals surface area contributed by atoms with E-state index in [9.17, 15) is 17.6 Å². The molecule has 0 aliphatic rings. The van der Waals surface area contributed by atoms with Crippen LogP contribution >= 0.6 is 0 Å². The smallest absolute Gasteiger partial charge is 0.248 e.